The van der Waals surface area contributed by atoms with Crippen LogP contribution in [-0.4, -0.2) is 24.7 Å². The fourth-order valence-electron chi connectivity index (χ4n) is 2.06. The first kappa shape index (κ1) is 16.2. The molecule has 1 amide bonds. The van der Waals surface area contributed by atoms with Crippen LogP contribution in [0, 0.1) is 11.3 Å². The summed E-state index contributed by atoms with van der Waals surface area (Å²) in [5.74, 6) is 0.157. The minimum atomic E-state index is -0.463. The molecule has 0 fully saturated rings. The first-order valence-electron chi connectivity index (χ1n) is 6.94. The fourth-order valence-corrected chi connectivity index (χ4v) is 2.06. The number of methoxy groups -OCH3 is 1. The number of hydrogen-bond acceptors (Lipinski definition) is 5. The van der Waals surface area contributed by atoms with Crippen molar-refractivity contribution >= 4 is 11.6 Å². The van der Waals surface area contributed by atoms with Crippen LogP contribution in [0.5, 0.6) is 17.2 Å². The predicted octanol–water partition coefficient (Wildman–Crippen LogP) is 2.92. The highest BCUT2D eigenvalue weighted by molar-refractivity contribution is 6.07. The summed E-state index contributed by atoms with van der Waals surface area (Å²) in [7, 11) is 1.44. The maximum atomic E-state index is 12.5. The predicted molar refractivity (Wildman–Crippen MR) is 84.9 cm³/mol. The molecular weight excluding hydrogens is 296 g/mol. The van der Waals surface area contributed by atoms with Crippen molar-refractivity contribution < 1.29 is 19.4 Å². The largest absolute Gasteiger partial charge is 0.508 e. The van der Waals surface area contributed by atoms with Crippen molar-refractivity contribution in [2.75, 3.05) is 19.0 Å². The SMILES string of the molecule is CCOc1c(OC)cc(C#N)cc1C(=O)Nc1cccc(O)c1. The van der Waals surface area contributed by atoms with Crippen LogP contribution in [0.4, 0.5) is 5.69 Å². The van der Waals surface area contributed by atoms with Crippen LogP contribution >= 0.6 is 0 Å². The molecule has 0 saturated heterocycles. The molecule has 0 aromatic heterocycles. The lowest BCUT2D eigenvalue weighted by atomic mass is 10.1. The molecule has 118 valence electrons. The van der Waals surface area contributed by atoms with E-state index in [-0.39, 0.29) is 22.6 Å². The number of nitriles is 1. The van der Waals surface area contributed by atoms with Crippen LogP contribution in [0.25, 0.3) is 0 Å². The Morgan fingerprint density at radius 2 is 2.13 bits per heavy atom. The number of nitrogens with zero attached hydrogens (tertiary/aromatic N) is 1. The molecule has 6 nitrogen and oxygen atoms in total. The average Bonchev–Trinajstić information content (AvgIpc) is 2.55. The van der Waals surface area contributed by atoms with Crippen LogP contribution < -0.4 is 14.8 Å². The highest BCUT2D eigenvalue weighted by Crippen LogP contribution is 2.33. The van der Waals surface area contributed by atoms with Gasteiger partial charge in [-0.2, -0.15) is 5.26 Å². The Hall–Kier alpha value is -3.20. The summed E-state index contributed by atoms with van der Waals surface area (Å²) in [5, 5.41) is 21.2. The number of carbonyl (C=O) groups is 1. The molecule has 0 spiro atoms. The number of carbonyl (C=O) groups excluding carboxylic acids is 1. The Morgan fingerprint density at radius 1 is 1.35 bits per heavy atom. The Kier molecular flexibility index (Phi) is 5.05. The summed E-state index contributed by atoms with van der Waals surface area (Å²) in [4.78, 5) is 12.5. The molecule has 0 aliphatic carbocycles. The number of benzene rings is 2. The first-order valence-corrected chi connectivity index (χ1v) is 6.94. The second-order valence-electron chi connectivity index (χ2n) is 4.60. The molecule has 0 saturated carbocycles. The Labute approximate surface area is 133 Å². The van der Waals surface area contributed by atoms with Crippen LogP contribution in [0.1, 0.15) is 22.8 Å². The van der Waals surface area contributed by atoms with Gasteiger partial charge in [0.25, 0.3) is 5.91 Å². The Balaban J connectivity index is 2.43. The minimum absolute atomic E-state index is 0.0381. The van der Waals surface area contributed by atoms with Crippen molar-refractivity contribution in [3.63, 3.8) is 0 Å². The fraction of sp³-hybridized carbons (Fsp3) is 0.176. The number of phenolic OH excluding ortho intramolecular Hbond substituents is 1. The molecule has 0 heterocycles. The third-order valence-corrected chi connectivity index (χ3v) is 3.04. The summed E-state index contributed by atoms with van der Waals surface area (Å²) in [6.45, 7) is 2.13. The third-order valence-electron chi connectivity index (χ3n) is 3.04. The van der Waals surface area contributed by atoms with E-state index in [1.54, 1.807) is 19.1 Å². The van der Waals surface area contributed by atoms with E-state index in [1.165, 1.54) is 31.4 Å². The van der Waals surface area contributed by atoms with Crippen molar-refractivity contribution in [3.05, 3.63) is 47.5 Å². The smallest absolute Gasteiger partial charge is 0.259 e. The van der Waals surface area contributed by atoms with Gasteiger partial charge in [-0.15, -0.1) is 0 Å². The molecule has 2 rings (SSSR count). The van der Waals surface area contributed by atoms with Crippen molar-refractivity contribution in [2.45, 2.75) is 6.92 Å². The normalized spacial score (nSPS) is 9.78. The summed E-state index contributed by atoms with van der Waals surface area (Å²) in [6, 6.07) is 11.1. The van der Waals surface area contributed by atoms with Crippen molar-refractivity contribution in [1.29, 1.82) is 5.26 Å². The van der Waals surface area contributed by atoms with Crippen LogP contribution in [0.2, 0.25) is 0 Å². The van der Waals surface area contributed by atoms with E-state index < -0.39 is 5.91 Å². The molecule has 23 heavy (non-hydrogen) atoms. The van der Waals surface area contributed by atoms with Gasteiger partial charge in [-0.3, -0.25) is 4.79 Å². The summed E-state index contributed by atoms with van der Waals surface area (Å²) < 4.78 is 10.7. The lowest BCUT2D eigenvalue weighted by Gasteiger charge is -2.14. The van der Waals surface area contributed by atoms with Gasteiger partial charge < -0.3 is 19.9 Å². The lowest BCUT2D eigenvalue weighted by molar-refractivity contribution is 0.102. The number of ether oxygens (including phenoxy) is 2. The minimum Gasteiger partial charge on any atom is -0.508 e. The van der Waals surface area contributed by atoms with Gasteiger partial charge >= 0.3 is 0 Å². The zero-order chi connectivity index (χ0) is 16.8. The van der Waals surface area contributed by atoms with Gasteiger partial charge in [-0.05, 0) is 25.1 Å². The zero-order valence-corrected chi connectivity index (χ0v) is 12.8. The van der Waals surface area contributed by atoms with Gasteiger partial charge in [0.05, 0.1) is 30.9 Å². The number of hydrogen-bond donors (Lipinski definition) is 2. The van der Waals surface area contributed by atoms with E-state index in [9.17, 15) is 9.90 Å². The Morgan fingerprint density at radius 3 is 2.74 bits per heavy atom. The van der Waals surface area contributed by atoms with Gasteiger partial charge in [-0.25, -0.2) is 0 Å². The molecule has 6 heteroatoms. The van der Waals surface area contributed by atoms with Gasteiger partial charge in [0.1, 0.15) is 5.75 Å². The second kappa shape index (κ2) is 7.18. The molecule has 2 aromatic carbocycles. The third kappa shape index (κ3) is 3.71. The molecule has 0 radical (unpaired) electrons. The van der Waals surface area contributed by atoms with Crippen LogP contribution in [0.3, 0.4) is 0 Å². The number of nitrogens with one attached hydrogen (secondary N) is 1. The monoisotopic (exact) mass is 312 g/mol. The molecule has 0 aliphatic rings. The first-order chi connectivity index (χ1) is 11.1. The quantitative estimate of drug-likeness (QED) is 0.885. The Bertz CT molecular complexity index is 766. The maximum absolute atomic E-state index is 12.5. The summed E-state index contributed by atoms with van der Waals surface area (Å²) in [5.41, 5.74) is 0.899. The molecule has 0 unspecified atom stereocenters. The lowest BCUT2D eigenvalue weighted by Crippen LogP contribution is -2.14. The second-order valence-corrected chi connectivity index (χ2v) is 4.60. The topological polar surface area (TPSA) is 91.6 Å². The number of rotatable bonds is 5. The van der Waals surface area contributed by atoms with E-state index in [0.29, 0.717) is 18.0 Å². The summed E-state index contributed by atoms with van der Waals surface area (Å²) in [6.07, 6.45) is 0. The van der Waals surface area contributed by atoms with Gasteiger partial charge in [0.15, 0.2) is 11.5 Å². The number of amides is 1. The number of aromatic hydroxyl groups is 1. The van der Waals surface area contributed by atoms with E-state index in [0.717, 1.165) is 0 Å². The van der Waals surface area contributed by atoms with Gasteiger partial charge in [0.2, 0.25) is 0 Å². The number of phenols is 1. The zero-order valence-electron chi connectivity index (χ0n) is 12.8. The van der Waals surface area contributed by atoms with E-state index >= 15 is 0 Å². The summed E-state index contributed by atoms with van der Waals surface area (Å²) >= 11 is 0. The highest BCUT2D eigenvalue weighted by atomic mass is 16.5. The average molecular weight is 312 g/mol. The highest BCUT2D eigenvalue weighted by Gasteiger charge is 2.19. The van der Waals surface area contributed by atoms with E-state index in [1.807, 2.05) is 6.07 Å². The maximum Gasteiger partial charge on any atom is 0.259 e. The standard InChI is InChI=1S/C17H16N2O4/c1-3-23-16-14(7-11(10-18)8-15(16)22-2)17(21)19-12-5-4-6-13(20)9-12/h4-9,20H,3H2,1-2H3,(H,19,21). The molecule has 0 aliphatic heterocycles. The number of anilines is 1. The van der Waals surface area contributed by atoms with Gasteiger partial charge in [-0.1, -0.05) is 6.07 Å². The molecule has 0 atom stereocenters. The van der Waals surface area contributed by atoms with E-state index in [4.69, 9.17) is 14.7 Å². The molecule has 0 bridgehead atoms. The molecule has 2 N–H and O–H groups in total. The van der Waals surface area contributed by atoms with Crippen LogP contribution in [0.15, 0.2) is 36.4 Å². The van der Waals surface area contributed by atoms with Crippen molar-refractivity contribution in [2.24, 2.45) is 0 Å². The van der Waals surface area contributed by atoms with E-state index in [2.05, 4.69) is 5.32 Å². The van der Waals surface area contributed by atoms with Gasteiger partial charge in [0, 0.05) is 17.8 Å². The van der Waals surface area contributed by atoms with Crippen molar-refractivity contribution in [1.82, 2.24) is 0 Å². The molecule has 2 aromatic rings. The van der Waals surface area contributed by atoms with Crippen LogP contribution in [-0.2, 0) is 0 Å². The molecular formula is C17H16N2O4. The van der Waals surface area contributed by atoms with Crippen molar-refractivity contribution in [3.8, 4) is 23.3 Å².